The molecule has 1 aliphatic rings. The summed E-state index contributed by atoms with van der Waals surface area (Å²) in [5, 5.41) is 5.57. The Balaban J connectivity index is 2.29. The molecule has 2 N–H and O–H groups in total. The quantitative estimate of drug-likeness (QED) is 0.812. The van der Waals surface area contributed by atoms with Crippen LogP contribution in [-0.4, -0.2) is 26.0 Å². The lowest BCUT2D eigenvalue weighted by Crippen LogP contribution is -2.29. The maximum Gasteiger partial charge on any atom is 0.356 e. The van der Waals surface area contributed by atoms with Crippen molar-refractivity contribution >= 4 is 18.0 Å². The van der Waals surface area contributed by atoms with Gasteiger partial charge >= 0.3 is 5.97 Å². The van der Waals surface area contributed by atoms with E-state index in [0.29, 0.717) is 11.4 Å². The third-order valence-corrected chi connectivity index (χ3v) is 2.65. The second-order valence-corrected chi connectivity index (χ2v) is 4.07. The van der Waals surface area contributed by atoms with Crippen LogP contribution in [0.4, 0.5) is 10.1 Å². The highest BCUT2D eigenvalue weighted by atomic mass is 19.1. The van der Waals surface area contributed by atoms with Crippen molar-refractivity contribution in [2.24, 2.45) is 4.99 Å². The zero-order chi connectivity index (χ0) is 13.8. The number of esters is 1. The summed E-state index contributed by atoms with van der Waals surface area (Å²) in [5.74, 6) is -0.910. The molecule has 0 radical (unpaired) electrons. The largest absolute Gasteiger partial charge is 0.464 e. The summed E-state index contributed by atoms with van der Waals surface area (Å²) in [4.78, 5) is 15.6. The molecule has 2 rings (SSSR count). The van der Waals surface area contributed by atoms with E-state index in [9.17, 15) is 9.18 Å². The van der Waals surface area contributed by atoms with Gasteiger partial charge in [-0.3, -0.25) is 4.99 Å². The Bertz CT molecular complexity index is 567. The number of hydrogen-bond acceptors (Lipinski definition) is 5. The number of rotatable bonds is 3. The molecule has 0 saturated carbocycles. The Kier molecular flexibility index (Phi) is 3.79. The number of methoxy groups -OCH3 is 1. The van der Waals surface area contributed by atoms with Gasteiger partial charge in [0.25, 0.3) is 0 Å². The first-order valence-electron chi connectivity index (χ1n) is 5.71. The van der Waals surface area contributed by atoms with E-state index in [1.165, 1.54) is 19.5 Å². The second-order valence-electron chi connectivity index (χ2n) is 4.07. The fourth-order valence-corrected chi connectivity index (χ4v) is 1.68. The van der Waals surface area contributed by atoms with E-state index in [1.54, 1.807) is 19.1 Å². The molecule has 0 bridgehead atoms. The number of anilines is 1. The summed E-state index contributed by atoms with van der Waals surface area (Å²) >= 11 is 0. The number of carbonyl (C=O) groups excluding carboxylic acids is 1. The van der Waals surface area contributed by atoms with Gasteiger partial charge in [-0.2, -0.15) is 0 Å². The van der Waals surface area contributed by atoms with Gasteiger partial charge in [0, 0.05) is 0 Å². The average molecular weight is 263 g/mol. The van der Waals surface area contributed by atoms with Crippen molar-refractivity contribution in [3.05, 3.63) is 41.0 Å². The molecule has 6 heteroatoms. The molecule has 0 amide bonds. The van der Waals surface area contributed by atoms with E-state index in [2.05, 4.69) is 20.4 Å². The summed E-state index contributed by atoms with van der Waals surface area (Å²) in [5.41, 5.74) is 1.82. The summed E-state index contributed by atoms with van der Waals surface area (Å²) in [6.45, 7) is 2.06. The zero-order valence-electron chi connectivity index (χ0n) is 10.7. The SMILES string of the molecule is COC(=O)C1=C(Nc2ccc(C)cc2F)CN=CN1. The van der Waals surface area contributed by atoms with Crippen LogP contribution >= 0.6 is 0 Å². The Labute approximate surface area is 110 Å². The van der Waals surface area contributed by atoms with Crippen molar-refractivity contribution in [1.29, 1.82) is 0 Å². The predicted molar refractivity (Wildman–Crippen MR) is 70.3 cm³/mol. The highest BCUT2D eigenvalue weighted by Crippen LogP contribution is 2.19. The Hall–Kier alpha value is -2.37. The molecular formula is C13H14FN3O2. The van der Waals surface area contributed by atoms with Crippen molar-refractivity contribution in [3.8, 4) is 0 Å². The smallest absolute Gasteiger partial charge is 0.356 e. The third-order valence-electron chi connectivity index (χ3n) is 2.65. The van der Waals surface area contributed by atoms with Gasteiger partial charge in [-0.15, -0.1) is 0 Å². The lowest BCUT2D eigenvalue weighted by molar-refractivity contribution is -0.136. The first-order chi connectivity index (χ1) is 9.11. The highest BCUT2D eigenvalue weighted by molar-refractivity contribution is 5.93. The molecule has 1 aromatic rings. The van der Waals surface area contributed by atoms with Crippen molar-refractivity contribution in [3.63, 3.8) is 0 Å². The van der Waals surface area contributed by atoms with Gasteiger partial charge in [0.15, 0.2) is 0 Å². The first kappa shape index (κ1) is 13.1. The number of aryl methyl sites for hydroxylation is 1. The van der Waals surface area contributed by atoms with Gasteiger partial charge in [-0.1, -0.05) is 6.07 Å². The minimum absolute atomic E-state index is 0.234. The van der Waals surface area contributed by atoms with Crippen LogP contribution in [0, 0.1) is 12.7 Å². The molecule has 0 unspecified atom stereocenters. The fraction of sp³-hybridized carbons (Fsp3) is 0.231. The van der Waals surface area contributed by atoms with Crippen LogP contribution in [0.15, 0.2) is 34.6 Å². The third kappa shape index (κ3) is 2.90. The van der Waals surface area contributed by atoms with E-state index in [4.69, 9.17) is 0 Å². The molecule has 0 atom stereocenters. The van der Waals surface area contributed by atoms with E-state index in [0.717, 1.165) is 5.56 Å². The van der Waals surface area contributed by atoms with Crippen LogP contribution in [0.5, 0.6) is 0 Å². The predicted octanol–water partition coefficient (Wildman–Crippen LogP) is 1.56. The summed E-state index contributed by atoms with van der Waals surface area (Å²) in [6.07, 6.45) is 1.41. The number of hydrogen-bond donors (Lipinski definition) is 2. The molecule has 1 aromatic carbocycles. The molecule has 0 spiro atoms. The highest BCUT2D eigenvalue weighted by Gasteiger charge is 2.18. The van der Waals surface area contributed by atoms with Gasteiger partial charge in [0.2, 0.25) is 0 Å². The maximum absolute atomic E-state index is 13.8. The number of halogens is 1. The summed E-state index contributed by atoms with van der Waals surface area (Å²) < 4.78 is 18.4. The van der Waals surface area contributed by atoms with Crippen LogP contribution in [0.2, 0.25) is 0 Å². The summed E-state index contributed by atoms with van der Waals surface area (Å²) in [6, 6.07) is 4.81. The monoisotopic (exact) mass is 263 g/mol. The fourth-order valence-electron chi connectivity index (χ4n) is 1.68. The van der Waals surface area contributed by atoms with Crippen LogP contribution in [-0.2, 0) is 9.53 Å². The van der Waals surface area contributed by atoms with Crippen LogP contribution in [0.25, 0.3) is 0 Å². The topological polar surface area (TPSA) is 62.7 Å². The molecule has 0 aliphatic carbocycles. The molecule has 19 heavy (non-hydrogen) atoms. The van der Waals surface area contributed by atoms with E-state index < -0.39 is 5.97 Å². The van der Waals surface area contributed by atoms with Crippen LogP contribution in [0.3, 0.4) is 0 Å². The molecular weight excluding hydrogens is 249 g/mol. The molecule has 1 aliphatic heterocycles. The van der Waals surface area contributed by atoms with Gasteiger partial charge in [-0.25, -0.2) is 9.18 Å². The van der Waals surface area contributed by atoms with Crippen LogP contribution < -0.4 is 10.6 Å². The van der Waals surface area contributed by atoms with Crippen molar-refractivity contribution in [2.45, 2.75) is 6.92 Å². The maximum atomic E-state index is 13.8. The lowest BCUT2D eigenvalue weighted by Gasteiger charge is -2.17. The average Bonchev–Trinajstić information content (AvgIpc) is 2.41. The van der Waals surface area contributed by atoms with Crippen molar-refractivity contribution < 1.29 is 13.9 Å². The molecule has 5 nitrogen and oxygen atoms in total. The van der Waals surface area contributed by atoms with Gasteiger partial charge in [0.1, 0.15) is 11.5 Å². The lowest BCUT2D eigenvalue weighted by atomic mass is 10.2. The molecule has 1 heterocycles. The normalized spacial score (nSPS) is 14.1. The van der Waals surface area contributed by atoms with Gasteiger partial charge in [-0.05, 0) is 24.6 Å². The van der Waals surface area contributed by atoms with Crippen LogP contribution in [0.1, 0.15) is 5.56 Å². The summed E-state index contributed by atoms with van der Waals surface area (Å²) in [7, 11) is 1.28. The first-order valence-corrected chi connectivity index (χ1v) is 5.71. The minimum atomic E-state index is -0.527. The van der Waals surface area contributed by atoms with E-state index >= 15 is 0 Å². The standard InChI is InChI=1S/C13H14FN3O2/c1-8-3-4-10(9(14)5-8)17-11-6-15-7-16-12(11)13(18)19-2/h3-5,7,17H,6H2,1-2H3,(H,15,16). The molecule has 0 saturated heterocycles. The number of carbonyl (C=O) groups is 1. The van der Waals surface area contributed by atoms with E-state index in [1.807, 2.05) is 0 Å². The molecule has 100 valence electrons. The number of aliphatic imine (C=N–C) groups is 1. The Morgan fingerprint density at radius 2 is 2.32 bits per heavy atom. The van der Waals surface area contributed by atoms with Gasteiger partial charge in [0.05, 0.1) is 31.4 Å². The molecule has 0 aromatic heterocycles. The molecule has 0 fully saturated rings. The van der Waals surface area contributed by atoms with Crippen molar-refractivity contribution in [2.75, 3.05) is 19.0 Å². The minimum Gasteiger partial charge on any atom is -0.464 e. The van der Waals surface area contributed by atoms with E-state index in [-0.39, 0.29) is 18.1 Å². The number of ether oxygens (including phenoxy) is 1. The Morgan fingerprint density at radius 1 is 1.53 bits per heavy atom. The number of benzene rings is 1. The number of nitrogens with one attached hydrogen (secondary N) is 2. The zero-order valence-corrected chi connectivity index (χ0v) is 10.7. The number of nitrogens with zero attached hydrogens (tertiary/aromatic N) is 1. The Morgan fingerprint density at radius 3 is 3.00 bits per heavy atom. The van der Waals surface area contributed by atoms with Crippen molar-refractivity contribution in [1.82, 2.24) is 5.32 Å². The second kappa shape index (κ2) is 5.51. The van der Waals surface area contributed by atoms with Gasteiger partial charge < -0.3 is 15.4 Å².